The number of halogens is 2. The van der Waals surface area contributed by atoms with Gasteiger partial charge in [0.2, 0.25) is 0 Å². The van der Waals surface area contributed by atoms with E-state index in [4.69, 9.17) is 16.3 Å². The van der Waals surface area contributed by atoms with Gasteiger partial charge in [-0.25, -0.2) is 9.18 Å². The monoisotopic (exact) mass is 389 g/mol. The van der Waals surface area contributed by atoms with Gasteiger partial charge in [-0.3, -0.25) is 4.79 Å². The molecule has 6 nitrogen and oxygen atoms in total. The minimum absolute atomic E-state index is 0.252. The van der Waals surface area contributed by atoms with E-state index in [2.05, 4.69) is 16.0 Å². The molecule has 2 aromatic rings. The van der Waals surface area contributed by atoms with Gasteiger partial charge >= 0.3 is 6.03 Å². The second-order valence-electron chi connectivity index (χ2n) is 5.92. The highest BCUT2D eigenvalue weighted by atomic mass is 35.5. The number of nitrogens with one attached hydrogen (secondary N) is 3. The summed E-state index contributed by atoms with van der Waals surface area (Å²) in [5.74, 6) is -0.509. The number of benzene rings is 2. The van der Waals surface area contributed by atoms with Crippen molar-refractivity contribution in [3.05, 3.63) is 70.1 Å². The zero-order valence-corrected chi connectivity index (χ0v) is 15.4. The van der Waals surface area contributed by atoms with Crippen molar-refractivity contribution in [1.82, 2.24) is 10.6 Å². The van der Waals surface area contributed by atoms with Gasteiger partial charge in [0.05, 0.1) is 24.4 Å². The lowest BCUT2D eigenvalue weighted by Crippen LogP contribution is -2.46. The first-order chi connectivity index (χ1) is 12.9. The van der Waals surface area contributed by atoms with Crippen LogP contribution in [-0.2, 0) is 4.79 Å². The van der Waals surface area contributed by atoms with Crippen molar-refractivity contribution in [1.29, 1.82) is 0 Å². The highest BCUT2D eigenvalue weighted by Gasteiger charge is 2.31. The first kappa shape index (κ1) is 18.7. The van der Waals surface area contributed by atoms with Crippen LogP contribution in [0.5, 0.6) is 5.75 Å². The van der Waals surface area contributed by atoms with Crippen LogP contribution in [0.15, 0.2) is 53.7 Å². The summed E-state index contributed by atoms with van der Waals surface area (Å²) in [6.45, 7) is 1.61. The van der Waals surface area contributed by atoms with E-state index in [0.717, 1.165) is 0 Å². The van der Waals surface area contributed by atoms with Crippen LogP contribution in [0.3, 0.4) is 0 Å². The van der Waals surface area contributed by atoms with Gasteiger partial charge < -0.3 is 20.7 Å². The zero-order valence-electron chi connectivity index (χ0n) is 14.6. The standard InChI is InChI=1S/C19H17ClFN3O3/c1-10-16(18(25)23-14-9-12(20)6-7-15(14)27-2)17(24-19(26)22-10)11-4-3-5-13(21)8-11/h3-9,17H,1-2H3,(H,23,25)(H2,22,24,26)/t17-/m0/s1. The summed E-state index contributed by atoms with van der Waals surface area (Å²) in [7, 11) is 1.47. The fourth-order valence-corrected chi connectivity index (χ4v) is 3.07. The Bertz CT molecular complexity index is 946. The third-order valence-electron chi connectivity index (χ3n) is 4.11. The fraction of sp³-hybridized carbons (Fsp3) is 0.158. The Kier molecular flexibility index (Phi) is 5.32. The summed E-state index contributed by atoms with van der Waals surface area (Å²) in [5, 5.41) is 8.39. The number of urea groups is 1. The van der Waals surface area contributed by atoms with Gasteiger partial charge in [0.25, 0.3) is 5.91 Å². The van der Waals surface area contributed by atoms with Crippen LogP contribution in [-0.4, -0.2) is 19.0 Å². The molecule has 140 valence electrons. The minimum atomic E-state index is -0.806. The molecule has 3 N–H and O–H groups in total. The molecule has 1 heterocycles. The van der Waals surface area contributed by atoms with Crippen molar-refractivity contribution in [2.24, 2.45) is 0 Å². The second kappa shape index (κ2) is 7.67. The summed E-state index contributed by atoms with van der Waals surface area (Å²) in [6.07, 6.45) is 0. The molecule has 0 saturated carbocycles. The Labute approximate surface area is 160 Å². The first-order valence-corrected chi connectivity index (χ1v) is 8.45. The molecule has 0 saturated heterocycles. The molecule has 3 rings (SSSR count). The summed E-state index contributed by atoms with van der Waals surface area (Å²) in [4.78, 5) is 24.9. The third kappa shape index (κ3) is 4.03. The van der Waals surface area contributed by atoms with E-state index in [0.29, 0.717) is 27.7 Å². The summed E-state index contributed by atoms with van der Waals surface area (Å²) in [5.41, 5.74) is 1.45. The number of ether oxygens (including phenoxy) is 1. The predicted molar refractivity (Wildman–Crippen MR) is 100 cm³/mol. The Morgan fingerprint density at radius 3 is 2.74 bits per heavy atom. The molecule has 0 aromatic heterocycles. The molecule has 0 bridgehead atoms. The maximum Gasteiger partial charge on any atom is 0.319 e. The van der Waals surface area contributed by atoms with Gasteiger partial charge in [0.1, 0.15) is 11.6 Å². The van der Waals surface area contributed by atoms with Crippen molar-refractivity contribution in [2.75, 3.05) is 12.4 Å². The predicted octanol–water partition coefficient (Wildman–Crippen LogP) is 3.75. The third-order valence-corrected chi connectivity index (χ3v) is 4.34. The van der Waals surface area contributed by atoms with E-state index in [1.165, 1.54) is 25.3 Å². The number of hydrogen-bond acceptors (Lipinski definition) is 3. The molecule has 0 radical (unpaired) electrons. The molecule has 0 fully saturated rings. The van der Waals surface area contributed by atoms with Gasteiger partial charge in [-0.1, -0.05) is 23.7 Å². The average Bonchev–Trinajstić information content (AvgIpc) is 2.61. The van der Waals surface area contributed by atoms with Gasteiger partial charge in [0.15, 0.2) is 0 Å². The van der Waals surface area contributed by atoms with Crippen LogP contribution in [0.4, 0.5) is 14.9 Å². The molecule has 8 heteroatoms. The van der Waals surface area contributed by atoms with E-state index in [9.17, 15) is 14.0 Å². The van der Waals surface area contributed by atoms with E-state index in [-0.39, 0.29) is 5.57 Å². The van der Waals surface area contributed by atoms with E-state index in [1.54, 1.807) is 31.2 Å². The largest absolute Gasteiger partial charge is 0.495 e. The van der Waals surface area contributed by atoms with Crippen molar-refractivity contribution in [3.8, 4) is 5.75 Å². The quantitative estimate of drug-likeness (QED) is 0.745. The van der Waals surface area contributed by atoms with Crippen LogP contribution in [0.2, 0.25) is 5.02 Å². The molecular weight excluding hydrogens is 373 g/mol. The lowest BCUT2D eigenvalue weighted by molar-refractivity contribution is -0.113. The number of methoxy groups -OCH3 is 1. The van der Waals surface area contributed by atoms with Crippen LogP contribution in [0, 0.1) is 5.82 Å². The lowest BCUT2D eigenvalue weighted by atomic mass is 9.94. The molecule has 0 aliphatic carbocycles. The van der Waals surface area contributed by atoms with Crippen molar-refractivity contribution >= 4 is 29.2 Å². The summed E-state index contributed by atoms with van der Waals surface area (Å²) >= 11 is 6.00. The Hall–Kier alpha value is -3.06. The van der Waals surface area contributed by atoms with Gasteiger partial charge in [-0.15, -0.1) is 0 Å². The summed E-state index contributed by atoms with van der Waals surface area (Å²) < 4.78 is 18.9. The molecule has 0 spiro atoms. The number of carbonyl (C=O) groups excluding carboxylic acids is 2. The Morgan fingerprint density at radius 2 is 2.04 bits per heavy atom. The number of carbonyl (C=O) groups is 2. The number of rotatable bonds is 4. The van der Waals surface area contributed by atoms with Crippen LogP contribution >= 0.6 is 11.6 Å². The van der Waals surface area contributed by atoms with Gasteiger partial charge in [-0.05, 0) is 42.8 Å². The molecule has 27 heavy (non-hydrogen) atoms. The number of anilines is 1. The molecule has 1 aliphatic rings. The van der Waals surface area contributed by atoms with E-state index < -0.39 is 23.8 Å². The Morgan fingerprint density at radius 1 is 1.26 bits per heavy atom. The van der Waals surface area contributed by atoms with Crippen molar-refractivity contribution in [2.45, 2.75) is 13.0 Å². The number of allylic oxidation sites excluding steroid dienone is 1. The molecule has 2 aromatic carbocycles. The highest BCUT2D eigenvalue weighted by Crippen LogP contribution is 2.31. The molecular formula is C19H17ClFN3O3. The first-order valence-electron chi connectivity index (χ1n) is 8.07. The van der Waals surface area contributed by atoms with E-state index >= 15 is 0 Å². The number of hydrogen-bond donors (Lipinski definition) is 3. The average molecular weight is 390 g/mol. The molecule has 1 atom stereocenters. The van der Waals surface area contributed by atoms with Crippen LogP contribution in [0.25, 0.3) is 0 Å². The minimum Gasteiger partial charge on any atom is -0.495 e. The van der Waals surface area contributed by atoms with Crippen molar-refractivity contribution < 1.29 is 18.7 Å². The van der Waals surface area contributed by atoms with E-state index in [1.807, 2.05) is 0 Å². The smallest absolute Gasteiger partial charge is 0.319 e. The number of amides is 3. The topological polar surface area (TPSA) is 79.5 Å². The van der Waals surface area contributed by atoms with Crippen LogP contribution in [0.1, 0.15) is 18.5 Å². The molecule has 0 unspecified atom stereocenters. The van der Waals surface area contributed by atoms with Crippen molar-refractivity contribution in [3.63, 3.8) is 0 Å². The highest BCUT2D eigenvalue weighted by molar-refractivity contribution is 6.31. The Balaban J connectivity index is 1.98. The van der Waals surface area contributed by atoms with Gasteiger partial charge in [0, 0.05) is 10.7 Å². The molecule has 3 amide bonds. The lowest BCUT2D eigenvalue weighted by Gasteiger charge is -2.28. The molecule has 1 aliphatic heterocycles. The SMILES string of the molecule is COc1ccc(Cl)cc1NC(=O)C1=C(C)NC(=O)N[C@H]1c1cccc(F)c1. The van der Waals surface area contributed by atoms with Crippen LogP contribution < -0.4 is 20.7 Å². The fourth-order valence-electron chi connectivity index (χ4n) is 2.90. The zero-order chi connectivity index (χ0) is 19.6. The normalized spacial score (nSPS) is 16.4. The second-order valence-corrected chi connectivity index (χ2v) is 6.36. The van der Waals surface area contributed by atoms with Gasteiger partial charge in [-0.2, -0.15) is 0 Å². The summed E-state index contributed by atoms with van der Waals surface area (Å²) in [6, 6.07) is 9.27. The maximum atomic E-state index is 13.7. The maximum absolute atomic E-state index is 13.7.